The van der Waals surface area contributed by atoms with Crippen molar-refractivity contribution in [3.05, 3.63) is 35.5 Å². The SMILES string of the molecule is CCCN1C=C(C(=O)OC)C2CCC(CNC(=O)COc3cc(OC)ccc3C(C)=O)C2C1=O. The summed E-state index contributed by atoms with van der Waals surface area (Å²) in [5.74, 6) is -0.881. The molecule has 1 saturated carbocycles. The number of carbonyl (C=O) groups is 4. The van der Waals surface area contributed by atoms with Crippen molar-refractivity contribution in [1.29, 1.82) is 0 Å². The second-order valence-electron chi connectivity index (χ2n) is 8.59. The van der Waals surface area contributed by atoms with Gasteiger partial charge in [-0.2, -0.15) is 0 Å². The van der Waals surface area contributed by atoms with Crippen LogP contribution in [0.3, 0.4) is 0 Å². The van der Waals surface area contributed by atoms with Crippen LogP contribution in [0.4, 0.5) is 0 Å². The van der Waals surface area contributed by atoms with E-state index < -0.39 is 5.97 Å². The van der Waals surface area contributed by atoms with Gasteiger partial charge in [-0.25, -0.2) is 4.79 Å². The first kappa shape index (κ1) is 25.3. The number of hydrogen-bond acceptors (Lipinski definition) is 7. The van der Waals surface area contributed by atoms with E-state index in [1.54, 1.807) is 29.3 Å². The molecular weight excluding hydrogens is 440 g/mol. The summed E-state index contributed by atoms with van der Waals surface area (Å²) in [5, 5.41) is 2.84. The van der Waals surface area contributed by atoms with Crippen molar-refractivity contribution < 1.29 is 33.4 Å². The fraction of sp³-hybridized carbons (Fsp3) is 0.520. The van der Waals surface area contributed by atoms with Crippen molar-refractivity contribution in [2.24, 2.45) is 17.8 Å². The zero-order chi connectivity index (χ0) is 24.8. The van der Waals surface area contributed by atoms with Crippen LogP contribution in [0.1, 0.15) is 43.5 Å². The normalized spacial score (nSPS) is 21.4. The third-order valence-electron chi connectivity index (χ3n) is 6.43. The number of fused-ring (bicyclic) bond motifs is 1. The highest BCUT2D eigenvalue weighted by molar-refractivity contribution is 5.97. The van der Waals surface area contributed by atoms with E-state index in [2.05, 4.69) is 5.32 Å². The van der Waals surface area contributed by atoms with Crippen molar-refractivity contribution in [3.8, 4) is 11.5 Å². The minimum absolute atomic E-state index is 0.0185. The van der Waals surface area contributed by atoms with E-state index in [0.29, 0.717) is 42.8 Å². The lowest BCUT2D eigenvalue weighted by Crippen LogP contribution is -2.45. The molecule has 9 heteroatoms. The number of carbonyl (C=O) groups excluding carboxylic acids is 4. The molecule has 3 rings (SSSR count). The first-order valence-corrected chi connectivity index (χ1v) is 11.5. The lowest BCUT2D eigenvalue weighted by Gasteiger charge is -2.34. The Morgan fingerprint density at radius 3 is 2.59 bits per heavy atom. The zero-order valence-electron chi connectivity index (χ0n) is 20.1. The van der Waals surface area contributed by atoms with Gasteiger partial charge >= 0.3 is 5.97 Å². The molecule has 1 aromatic carbocycles. The van der Waals surface area contributed by atoms with Crippen LogP contribution in [0.25, 0.3) is 0 Å². The van der Waals surface area contributed by atoms with Gasteiger partial charge in [-0.1, -0.05) is 6.92 Å². The second kappa shape index (κ2) is 11.2. The van der Waals surface area contributed by atoms with Gasteiger partial charge in [0.25, 0.3) is 5.91 Å². The maximum atomic E-state index is 13.1. The maximum absolute atomic E-state index is 13.1. The van der Waals surface area contributed by atoms with Crippen LogP contribution in [0.15, 0.2) is 30.0 Å². The number of amides is 2. The minimum atomic E-state index is -0.416. The monoisotopic (exact) mass is 472 g/mol. The number of esters is 1. The van der Waals surface area contributed by atoms with Crippen molar-refractivity contribution in [2.75, 3.05) is 33.9 Å². The first-order valence-electron chi connectivity index (χ1n) is 11.5. The van der Waals surface area contributed by atoms with Crippen LogP contribution >= 0.6 is 0 Å². The van der Waals surface area contributed by atoms with E-state index in [-0.39, 0.29) is 47.7 Å². The Labute approximate surface area is 199 Å². The minimum Gasteiger partial charge on any atom is -0.497 e. The van der Waals surface area contributed by atoms with Crippen LogP contribution in [-0.2, 0) is 19.1 Å². The van der Waals surface area contributed by atoms with Crippen LogP contribution in [-0.4, -0.2) is 62.4 Å². The molecule has 1 N–H and O–H groups in total. The lowest BCUT2D eigenvalue weighted by molar-refractivity contribution is -0.140. The maximum Gasteiger partial charge on any atom is 0.335 e. The van der Waals surface area contributed by atoms with Crippen LogP contribution < -0.4 is 14.8 Å². The van der Waals surface area contributed by atoms with Gasteiger partial charge < -0.3 is 24.4 Å². The summed E-state index contributed by atoms with van der Waals surface area (Å²) in [5.41, 5.74) is 0.880. The molecule has 0 saturated heterocycles. The van der Waals surface area contributed by atoms with Crippen molar-refractivity contribution in [1.82, 2.24) is 10.2 Å². The van der Waals surface area contributed by atoms with Gasteiger partial charge in [0, 0.05) is 31.3 Å². The van der Waals surface area contributed by atoms with Crippen LogP contribution in [0, 0.1) is 17.8 Å². The Hall–Kier alpha value is -3.36. The molecule has 1 aliphatic heterocycles. The van der Waals surface area contributed by atoms with E-state index in [9.17, 15) is 19.2 Å². The highest BCUT2D eigenvalue weighted by Crippen LogP contribution is 2.45. The summed E-state index contributed by atoms with van der Waals surface area (Å²) in [6.45, 7) is 3.93. The number of hydrogen-bond donors (Lipinski definition) is 1. The van der Waals surface area contributed by atoms with E-state index in [4.69, 9.17) is 14.2 Å². The lowest BCUT2D eigenvalue weighted by atomic mass is 9.81. The number of ether oxygens (including phenoxy) is 3. The van der Waals surface area contributed by atoms with E-state index in [1.165, 1.54) is 21.1 Å². The number of ketones is 1. The highest BCUT2D eigenvalue weighted by atomic mass is 16.5. The van der Waals surface area contributed by atoms with Crippen molar-refractivity contribution >= 4 is 23.6 Å². The fourth-order valence-electron chi connectivity index (χ4n) is 4.77. The molecule has 3 unspecified atom stereocenters. The van der Waals surface area contributed by atoms with Crippen LogP contribution in [0.2, 0.25) is 0 Å². The molecule has 34 heavy (non-hydrogen) atoms. The number of nitrogens with one attached hydrogen (secondary N) is 1. The smallest absolute Gasteiger partial charge is 0.335 e. The summed E-state index contributed by atoms with van der Waals surface area (Å²) in [4.78, 5) is 51.4. The van der Waals surface area contributed by atoms with Gasteiger partial charge in [0.15, 0.2) is 12.4 Å². The van der Waals surface area contributed by atoms with Crippen molar-refractivity contribution in [3.63, 3.8) is 0 Å². The van der Waals surface area contributed by atoms with Gasteiger partial charge in [0.1, 0.15) is 11.5 Å². The molecule has 9 nitrogen and oxygen atoms in total. The molecule has 1 aliphatic carbocycles. The fourth-order valence-corrected chi connectivity index (χ4v) is 4.77. The Morgan fingerprint density at radius 2 is 1.94 bits per heavy atom. The molecule has 1 aromatic rings. The van der Waals surface area contributed by atoms with E-state index >= 15 is 0 Å². The third kappa shape index (κ3) is 5.40. The second-order valence-corrected chi connectivity index (χ2v) is 8.59. The third-order valence-corrected chi connectivity index (χ3v) is 6.43. The molecule has 184 valence electrons. The largest absolute Gasteiger partial charge is 0.497 e. The van der Waals surface area contributed by atoms with Gasteiger partial charge in [-0.05, 0) is 44.2 Å². The van der Waals surface area contributed by atoms with Gasteiger partial charge in [0.2, 0.25) is 5.91 Å². The van der Waals surface area contributed by atoms with Gasteiger partial charge in [-0.3, -0.25) is 14.4 Å². The van der Waals surface area contributed by atoms with Gasteiger partial charge in [0.05, 0.1) is 31.3 Å². The summed E-state index contributed by atoms with van der Waals surface area (Å²) in [6, 6.07) is 4.81. The Balaban J connectivity index is 1.63. The first-order chi connectivity index (χ1) is 16.3. The number of Topliss-reactive ketones (excluding diaryl/α,β-unsaturated/α-hetero) is 1. The molecule has 0 bridgehead atoms. The zero-order valence-corrected chi connectivity index (χ0v) is 20.1. The molecule has 0 aromatic heterocycles. The average Bonchev–Trinajstić information content (AvgIpc) is 3.26. The topological polar surface area (TPSA) is 111 Å². The molecular formula is C25H32N2O7. The summed E-state index contributed by atoms with van der Waals surface area (Å²) >= 11 is 0. The molecule has 2 amide bonds. The number of nitrogens with zero attached hydrogens (tertiary/aromatic N) is 1. The predicted octanol–water partition coefficient (Wildman–Crippen LogP) is 2.34. The number of rotatable bonds is 10. The predicted molar refractivity (Wildman–Crippen MR) is 123 cm³/mol. The van der Waals surface area contributed by atoms with Gasteiger partial charge in [-0.15, -0.1) is 0 Å². The molecule has 0 radical (unpaired) electrons. The summed E-state index contributed by atoms with van der Waals surface area (Å²) in [6.07, 6.45) is 3.79. The summed E-state index contributed by atoms with van der Waals surface area (Å²) < 4.78 is 15.7. The molecule has 2 aliphatic rings. The Bertz CT molecular complexity index is 987. The van der Waals surface area contributed by atoms with E-state index in [0.717, 1.165) is 6.42 Å². The van der Waals surface area contributed by atoms with Crippen molar-refractivity contribution in [2.45, 2.75) is 33.1 Å². The Morgan fingerprint density at radius 1 is 1.18 bits per heavy atom. The molecule has 1 heterocycles. The molecule has 3 atom stereocenters. The van der Waals surface area contributed by atoms with Crippen LogP contribution in [0.5, 0.6) is 11.5 Å². The number of benzene rings is 1. The standard InChI is InChI=1S/C25H32N2O7/c1-5-10-27-13-20(25(31)33-4)19-8-6-16(23(19)24(27)30)12-26-22(29)14-34-21-11-17(32-3)7-9-18(21)15(2)28/h7,9,11,13,16,19,23H,5-6,8,10,12,14H2,1-4H3,(H,26,29). The average molecular weight is 473 g/mol. The Kier molecular flexibility index (Phi) is 8.31. The summed E-state index contributed by atoms with van der Waals surface area (Å²) in [7, 11) is 2.84. The molecule has 0 spiro atoms. The molecule has 1 fully saturated rings. The quantitative estimate of drug-likeness (QED) is 0.411. The highest BCUT2D eigenvalue weighted by Gasteiger charge is 2.48. The van der Waals surface area contributed by atoms with E-state index in [1.807, 2.05) is 6.92 Å². The number of methoxy groups -OCH3 is 2.